The van der Waals surface area contributed by atoms with E-state index in [1.54, 1.807) is 12.1 Å². The molecular weight excluding hydrogens is 412 g/mol. The summed E-state index contributed by atoms with van der Waals surface area (Å²) in [6.45, 7) is 1.76. The molecule has 162 valence electrons. The molecule has 0 spiro atoms. The highest BCUT2D eigenvalue weighted by molar-refractivity contribution is 8.00. The van der Waals surface area contributed by atoms with Gasteiger partial charge in [0.1, 0.15) is 5.37 Å². The zero-order valence-corrected chi connectivity index (χ0v) is 18.2. The van der Waals surface area contributed by atoms with Gasteiger partial charge in [0.2, 0.25) is 0 Å². The van der Waals surface area contributed by atoms with Crippen molar-refractivity contribution in [3.63, 3.8) is 0 Å². The van der Waals surface area contributed by atoms with Crippen molar-refractivity contribution in [2.24, 2.45) is 0 Å². The second kappa shape index (κ2) is 10.8. The first-order chi connectivity index (χ1) is 14.0. The number of carboxylic acids is 1. The van der Waals surface area contributed by atoms with Gasteiger partial charge in [-0.05, 0) is 37.1 Å². The molecule has 29 heavy (non-hydrogen) atoms. The third-order valence-electron chi connectivity index (χ3n) is 5.41. The van der Waals surface area contributed by atoms with E-state index in [4.69, 9.17) is 9.84 Å². The van der Waals surface area contributed by atoms with Crippen molar-refractivity contribution < 1.29 is 23.1 Å². The number of carboxylic acid groups (broad SMARTS) is 1. The number of rotatable bonds is 9. The van der Waals surface area contributed by atoms with Gasteiger partial charge in [0.25, 0.3) is 0 Å². The van der Waals surface area contributed by atoms with E-state index < -0.39 is 21.2 Å². The minimum absolute atomic E-state index is 0.0627. The maximum atomic E-state index is 13.3. The predicted octanol–water partition coefficient (Wildman–Crippen LogP) is 2.22. The summed E-state index contributed by atoms with van der Waals surface area (Å²) in [5.41, 5.74) is 0. The Hall–Kier alpha value is -1.13. The molecule has 2 N–H and O–H groups in total. The summed E-state index contributed by atoms with van der Waals surface area (Å²) in [5.74, 6) is -1.01. The van der Waals surface area contributed by atoms with Crippen molar-refractivity contribution in [3.8, 4) is 0 Å². The highest BCUT2D eigenvalue weighted by atomic mass is 32.2. The van der Waals surface area contributed by atoms with Crippen molar-refractivity contribution in [2.75, 3.05) is 39.4 Å². The van der Waals surface area contributed by atoms with Crippen LogP contribution >= 0.6 is 11.8 Å². The third kappa shape index (κ3) is 6.42. The summed E-state index contributed by atoms with van der Waals surface area (Å²) in [6.07, 6.45) is 6.30. The largest absolute Gasteiger partial charge is 0.480 e. The summed E-state index contributed by atoms with van der Waals surface area (Å²) >= 11 is 1.84. The predicted molar refractivity (Wildman–Crippen MR) is 113 cm³/mol. The molecule has 3 rings (SSSR count). The standard InChI is InChI=1S/C20H30N2O5S2/c23-20(24)15-21-14-19(22-10-12-27-13-11-22)29(25,26)18-8-6-17(7-9-18)28-16-4-2-1-3-5-16/h6-9,16,19,21H,1-5,10-15H2,(H,23,24). The fraction of sp³-hybridized carbons (Fsp3) is 0.650. The number of nitrogens with one attached hydrogen (secondary N) is 1. The summed E-state index contributed by atoms with van der Waals surface area (Å²) < 4.78 is 32.0. The van der Waals surface area contributed by atoms with Crippen LogP contribution in [0.5, 0.6) is 0 Å². The number of benzene rings is 1. The van der Waals surface area contributed by atoms with Gasteiger partial charge < -0.3 is 15.2 Å². The van der Waals surface area contributed by atoms with Gasteiger partial charge >= 0.3 is 5.97 Å². The van der Waals surface area contributed by atoms with Crippen LogP contribution in [-0.2, 0) is 19.4 Å². The van der Waals surface area contributed by atoms with Gasteiger partial charge in [-0.2, -0.15) is 0 Å². The molecule has 1 saturated carbocycles. The number of aliphatic carboxylic acids is 1. The molecule has 1 saturated heterocycles. The van der Waals surface area contributed by atoms with Gasteiger partial charge in [0, 0.05) is 29.8 Å². The Morgan fingerprint density at radius 3 is 2.45 bits per heavy atom. The molecule has 0 amide bonds. The number of thioether (sulfide) groups is 1. The Labute approximate surface area is 177 Å². The Kier molecular flexibility index (Phi) is 8.37. The number of hydrogen-bond acceptors (Lipinski definition) is 7. The lowest BCUT2D eigenvalue weighted by molar-refractivity contribution is -0.136. The van der Waals surface area contributed by atoms with E-state index in [9.17, 15) is 13.2 Å². The lowest BCUT2D eigenvalue weighted by Gasteiger charge is -2.34. The van der Waals surface area contributed by atoms with Crippen LogP contribution in [0.25, 0.3) is 0 Å². The molecule has 9 heteroatoms. The van der Waals surface area contributed by atoms with Crippen molar-refractivity contribution in [2.45, 2.75) is 52.5 Å². The van der Waals surface area contributed by atoms with Crippen LogP contribution in [0.15, 0.2) is 34.1 Å². The topological polar surface area (TPSA) is 95.9 Å². The number of morpholine rings is 1. The van der Waals surface area contributed by atoms with Crippen LogP contribution in [0.3, 0.4) is 0 Å². The summed E-state index contributed by atoms with van der Waals surface area (Å²) in [4.78, 5) is 14.1. The zero-order valence-electron chi connectivity index (χ0n) is 16.6. The molecule has 1 unspecified atom stereocenters. The molecule has 1 aliphatic heterocycles. The first kappa shape index (κ1) is 22.6. The Morgan fingerprint density at radius 1 is 1.17 bits per heavy atom. The van der Waals surface area contributed by atoms with Crippen molar-refractivity contribution in [1.29, 1.82) is 0 Å². The lowest BCUT2D eigenvalue weighted by atomic mass is 10.0. The number of nitrogens with zero attached hydrogens (tertiary/aromatic N) is 1. The minimum atomic E-state index is -3.64. The molecule has 1 heterocycles. The fourth-order valence-corrected chi connectivity index (χ4v) is 6.86. The van der Waals surface area contributed by atoms with Gasteiger partial charge in [-0.1, -0.05) is 19.3 Å². The first-order valence-corrected chi connectivity index (χ1v) is 12.6. The fourth-order valence-electron chi connectivity index (χ4n) is 3.84. The van der Waals surface area contributed by atoms with E-state index in [1.807, 2.05) is 28.8 Å². The van der Waals surface area contributed by atoms with Gasteiger partial charge in [-0.25, -0.2) is 8.42 Å². The molecule has 1 aliphatic carbocycles. The third-order valence-corrected chi connectivity index (χ3v) is 8.87. The zero-order chi connectivity index (χ0) is 20.7. The molecule has 1 atom stereocenters. The first-order valence-electron chi connectivity index (χ1n) is 10.2. The summed E-state index contributed by atoms with van der Waals surface area (Å²) in [7, 11) is -3.64. The molecule has 0 aromatic heterocycles. The Balaban J connectivity index is 1.72. The SMILES string of the molecule is O=C(O)CNCC(N1CCOCC1)S(=O)(=O)c1ccc(SC2CCCCC2)cc1. The molecule has 7 nitrogen and oxygen atoms in total. The van der Waals surface area contributed by atoms with Gasteiger partial charge in [-0.15, -0.1) is 11.8 Å². The van der Waals surface area contributed by atoms with Crippen molar-refractivity contribution in [3.05, 3.63) is 24.3 Å². The van der Waals surface area contributed by atoms with E-state index in [1.165, 1.54) is 32.1 Å². The monoisotopic (exact) mass is 442 g/mol. The smallest absolute Gasteiger partial charge is 0.317 e. The average Bonchev–Trinajstić information content (AvgIpc) is 2.73. The molecule has 2 fully saturated rings. The number of sulfone groups is 1. The van der Waals surface area contributed by atoms with Gasteiger partial charge in [-0.3, -0.25) is 9.69 Å². The Bertz CT molecular complexity index is 758. The van der Waals surface area contributed by atoms with Crippen LogP contribution in [0.2, 0.25) is 0 Å². The minimum Gasteiger partial charge on any atom is -0.480 e. The van der Waals surface area contributed by atoms with Gasteiger partial charge in [0.05, 0.1) is 24.7 Å². The molecule has 0 bridgehead atoms. The molecule has 0 radical (unpaired) electrons. The highest BCUT2D eigenvalue weighted by Crippen LogP contribution is 2.34. The molecular formula is C20H30N2O5S2. The van der Waals surface area contributed by atoms with E-state index in [2.05, 4.69) is 5.32 Å². The second-order valence-corrected chi connectivity index (χ2v) is 11.0. The van der Waals surface area contributed by atoms with Crippen LogP contribution in [0.1, 0.15) is 32.1 Å². The summed E-state index contributed by atoms with van der Waals surface area (Å²) in [6, 6.07) is 7.16. The maximum Gasteiger partial charge on any atom is 0.317 e. The molecule has 1 aromatic rings. The van der Waals surface area contributed by atoms with Crippen LogP contribution in [0.4, 0.5) is 0 Å². The second-order valence-electron chi connectivity index (χ2n) is 7.52. The van der Waals surface area contributed by atoms with E-state index >= 15 is 0 Å². The van der Waals surface area contributed by atoms with Gasteiger partial charge in [0.15, 0.2) is 9.84 Å². The van der Waals surface area contributed by atoms with Crippen LogP contribution < -0.4 is 5.32 Å². The molecule has 1 aromatic carbocycles. The number of hydrogen-bond donors (Lipinski definition) is 2. The van der Waals surface area contributed by atoms with Crippen molar-refractivity contribution >= 4 is 27.6 Å². The average molecular weight is 443 g/mol. The lowest BCUT2D eigenvalue weighted by Crippen LogP contribution is -2.52. The van der Waals surface area contributed by atoms with Crippen LogP contribution in [0, 0.1) is 0 Å². The summed E-state index contributed by atoms with van der Waals surface area (Å²) in [5, 5.41) is 11.4. The normalized spacial score (nSPS) is 20.4. The van der Waals surface area contributed by atoms with E-state index in [0.29, 0.717) is 31.6 Å². The maximum absolute atomic E-state index is 13.3. The van der Waals surface area contributed by atoms with E-state index in [-0.39, 0.29) is 18.0 Å². The molecule has 2 aliphatic rings. The van der Waals surface area contributed by atoms with Crippen LogP contribution in [-0.4, -0.2) is 74.4 Å². The highest BCUT2D eigenvalue weighted by Gasteiger charge is 2.33. The number of carbonyl (C=O) groups is 1. The Morgan fingerprint density at radius 2 is 1.83 bits per heavy atom. The van der Waals surface area contributed by atoms with Crippen molar-refractivity contribution in [1.82, 2.24) is 10.2 Å². The quantitative estimate of drug-likeness (QED) is 0.601. The number of ether oxygens (including phenoxy) is 1. The van der Waals surface area contributed by atoms with E-state index in [0.717, 1.165) is 4.90 Å².